The summed E-state index contributed by atoms with van der Waals surface area (Å²) in [5.41, 5.74) is 4.62. The molecule has 0 unspecified atom stereocenters. The maximum Gasteiger partial charge on any atom is 0.433 e. The Balaban J connectivity index is 1.59. The Morgan fingerprint density at radius 1 is 1.09 bits per heavy atom. The first-order chi connectivity index (χ1) is 16.3. The number of hydrazine groups is 1. The van der Waals surface area contributed by atoms with Crippen LogP contribution in [0.25, 0.3) is 10.2 Å². The van der Waals surface area contributed by atoms with E-state index in [9.17, 15) is 19.5 Å². The molecule has 174 valence electrons. The molecular weight excluding hydrogens is 501 g/mol. The molecular formula is C22H17Cl2N5O4S. The van der Waals surface area contributed by atoms with Gasteiger partial charge in [0.1, 0.15) is 4.83 Å². The van der Waals surface area contributed by atoms with Crippen LogP contribution in [-0.2, 0) is 5.88 Å². The number of hydrogen-bond donors (Lipinski definition) is 3. The minimum atomic E-state index is -1.34. The molecule has 0 saturated heterocycles. The van der Waals surface area contributed by atoms with Crippen LogP contribution in [0.15, 0.2) is 54.6 Å². The van der Waals surface area contributed by atoms with Gasteiger partial charge in [0.25, 0.3) is 11.8 Å². The molecule has 9 nitrogen and oxygen atoms in total. The fourth-order valence-corrected chi connectivity index (χ4v) is 4.40. The molecule has 4 aromatic rings. The van der Waals surface area contributed by atoms with Crippen LogP contribution in [0.2, 0.25) is 5.02 Å². The SMILES string of the molecule is CN(NC(=O)c1cc2c(NC(=O)c3ccc(CCl)cc3)nn(C(=O)O)c2s1)c1ccc(Cl)cc1. The van der Waals surface area contributed by atoms with Crippen molar-refractivity contribution in [3.05, 3.63) is 75.6 Å². The van der Waals surface area contributed by atoms with Crippen LogP contribution in [0, 0.1) is 0 Å². The van der Waals surface area contributed by atoms with Crippen molar-refractivity contribution in [2.24, 2.45) is 0 Å². The molecule has 0 aliphatic rings. The van der Waals surface area contributed by atoms with Gasteiger partial charge < -0.3 is 10.4 Å². The lowest BCUT2D eigenvalue weighted by Crippen LogP contribution is -2.38. The van der Waals surface area contributed by atoms with Crippen molar-refractivity contribution in [1.29, 1.82) is 0 Å². The van der Waals surface area contributed by atoms with Gasteiger partial charge in [0, 0.05) is 23.5 Å². The summed E-state index contributed by atoms with van der Waals surface area (Å²) in [4.78, 5) is 37.6. The molecule has 34 heavy (non-hydrogen) atoms. The number of benzene rings is 2. The summed E-state index contributed by atoms with van der Waals surface area (Å²) in [6.07, 6.45) is -1.34. The third-order valence-corrected chi connectivity index (χ3v) is 6.52. The standard InChI is InChI=1S/C22H17Cl2N5O4S/c1-28(15-8-6-14(24)7-9-15)27-20(31)17-10-16-18(26-29(22(32)33)21(16)34-17)25-19(30)13-4-2-12(11-23)3-5-13/h2-10H,11H2,1H3,(H,27,31)(H,32,33)(H,25,26,30). The predicted molar refractivity (Wildman–Crippen MR) is 132 cm³/mol. The summed E-state index contributed by atoms with van der Waals surface area (Å²) in [7, 11) is 1.66. The maximum atomic E-state index is 12.8. The topological polar surface area (TPSA) is 117 Å². The van der Waals surface area contributed by atoms with Crippen LogP contribution in [0.5, 0.6) is 0 Å². The van der Waals surface area contributed by atoms with E-state index >= 15 is 0 Å². The van der Waals surface area contributed by atoms with Crippen molar-refractivity contribution >= 4 is 74.2 Å². The number of nitrogens with zero attached hydrogens (tertiary/aromatic N) is 3. The second-order valence-electron chi connectivity index (χ2n) is 7.13. The number of rotatable bonds is 6. The Labute approximate surface area is 207 Å². The second-order valence-corrected chi connectivity index (χ2v) is 8.87. The third kappa shape index (κ3) is 4.84. The highest BCUT2D eigenvalue weighted by Gasteiger charge is 2.23. The summed E-state index contributed by atoms with van der Waals surface area (Å²) in [5.74, 6) is -0.578. The first-order valence-electron chi connectivity index (χ1n) is 9.79. The van der Waals surface area contributed by atoms with E-state index in [0.717, 1.165) is 21.6 Å². The first-order valence-corrected chi connectivity index (χ1v) is 11.5. The molecule has 3 N–H and O–H groups in total. The lowest BCUT2D eigenvalue weighted by Gasteiger charge is -2.19. The van der Waals surface area contributed by atoms with Crippen LogP contribution < -0.4 is 15.8 Å². The van der Waals surface area contributed by atoms with Crippen molar-refractivity contribution in [3.8, 4) is 0 Å². The van der Waals surface area contributed by atoms with Crippen LogP contribution in [0.4, 0.5) is 16.3 Å². The number of carbonyl (C=O) groups is 3. The van der Waals surface area contributed by atoms with Gasteiger partial charge in [0.2, 0.25) is 0 Å². The van der Waals surface area contributed by atoms with E-state index in [1.54, 1.807) is 55.6 Å². The average Bonchev–Trinajstić information content (AvgIpc) is 3.40. The lowest BCUT2D eigenvalue weighted by molar-refractivity contribution is 0.0954. The number of hydrogen-bond acceptors (Lipinski definition) is 6. The molecule has 2 heterocycles. The van der Waals surface area contributed by atoms with E-state index in [1.165, 1.54) is 11.1 Å². The number of halogens is 2. The molecule has 0 saturated carbocycles. The number of aromatic nitrogens is 2. The van der Waals surface area contributed by atoms with Crippen LogP contribution in [0.1, 0.15) is 25.6 Å². The zero-order chi connectivity index (χ0) is 24.4. The van der Waals surface area contributed by atoms with E-state index in [-0.39, 0.29) is 15.5 Å². The minimum absolute atomic E-state index is 0.0326. The quantitative estimate of drug-likeness (QED) is 0.243. The molecule has 2 aromatic heterocycles. The number of carboxylic acid groups (broad SMARTS) is 1. The summed E-state index contributed by atoms with van der Waals surface area (Å²) >= 11 is 12.6. The van der Waals surface area contributed by atoms with E-state index in [0.29, 0.717) is 27.5 Å². The molecule has 0 aliphatic carbocycles. The summed E-state index contributed by atoms with van der Waals surface area (Å²) in [6, 6.07) is 15.0. The van der Waals surface area contributed by atoms with Gasteiger partial charge in [-0.25, -0.2) is 4.79 Å². The molecule has 0 aliphatic heterocycles. The van der Waals surface area contributed by atoms with Gasteiger partial charge in [-0.2, -0.15) is 4.68 Å². The highest BCUT2D eigenvalue weighted by atomic mass is 35.5. The van der Waals surface area contributed by atoms with Crippen LogP contribution in [-0.4, -0.2) is 39.8 Å². The maximum absolute atomic E-state index is 12.8. The summed E-state index contributed by atoms with van der Waals surface area (Å²) in [6.45, 7) is 0. The van der Waals surface area contributed by atoms with E-state index in [4.69, 9.17) is 23.2 Å². The molecule has 4 rings (SSSR count). The molecule has 2 amide bonds. The Bertz CT molecular complexity index is 1380. The van der Waals surface area contributed by atoms with Gasteiger partial charge in [0.15, 0.2) is 5.82 Å². The van der Waals surface area contributed by atoms with Crippen molar-refractivity contribution in [1.82, 2.24) is 15.2 Å². The minimum Gasteiger partial charge on any atom is -0.463 e. The molecule has 0 atom stereocenters. The smallest absolute Gasteiger partial charge is 0.433 e. The van der Waals surface area contributed by atoms with Crippen molar-refractivity contribution in [2.45, 2.75) is 5.88 Å². The zero-order valence-corrected chi connectivity index (χ0v) is 19.9. The molecule has 0 bridgehead atoms. The van der Waals surface area contributed by atoms with E-state index in [1.807, 2.05) is 0 Å². The number of carbonyl (C=O) groups excluding carboxylic acids is 2. The fourth-order valence-electron chi connectivity index (χ4n) is 3.10. The number of alkyl halides is 1. The molecule has 0 fully saturated rings. The highest BCUT2D eigenvalue weighted by Crippen LogP contribution is 2.32. The first kappa shape index (κ1) is 23.6. The average molecular weight is 518 g/mol. The Morgan fingerprint density at radius 3 is 2.38 bits per heavy atom. The molecule has 2 aromatic carbocycles. The van der Waals surface area contributed by atoms with Gasteiger partial charge in [-0.3, -0.25) is 20.0 Å². The van der Waals surface area contributed by atoms with Gasteiger partial charge >= 0.3 is 6.09 Å². The zero-order valence-electron chi connectivity index (χ0n) is 17.6. The van der Waals surface area contributed by atoms with Crippen molar-refractivity contribution < 1.29 is 19.5 Å². The number of nitrogens with one attached hydrogen (secondary N) is 2. The summed E-state index contributed by atoms with van der Waals surface area (Å²) < 4.78 is 0.728. The van der Waals surface area contributed by atoms with Gasteiger partial charge in [-0.15, -0.1) is 28.0 Å². The highest BCUT2D eigenvalue weighted by molar-refractivity contribution is 7.20. The fraction of sp³-hybridized carbons (Fsp3) is 0.0909. The Hall–Kier alpha value is -3.60. The van der Waals surface area contributed by atoms with Crippen molar-refractivity contribution in [3.63, 3.8) is 0 Å². The third-order valence-electron chi connectivity index (χ3n) is 4.85. The van der Waals surface area contributed by atoms with Gasteiger partial charge in [0.05, 0.1) is 16.0 Å². The molecule has 0 radical (unpaired) electrons. The number of anilines is 2. The second kappa shape index (κ2) is 9.72. The molecule has 0 spiro atoms. The van der Waals surface area contributed by atoms with Crippen molar-refractivity contribution in [2.75, 3.05) is 17.4 Å². The monoisotopic (exact) mass is 517 g/mol. The summed E-state index contributed by atoms with van der Waals surface area (Å²) in [5, 5.41) is 18.5. The van der Waals surface area contributed by atoms with Gasteiger partial charge in [-0.1, -0.05) is 23.7 Å². The Morgan fingerprint density at radius 2 is 1.76 bits per heavy atom. The number of amides is 2. The van der Waals surface area contributed by atoms with Crippen LogP contribution in [0.3, 0.4) is 0 Å². The normalized spacial score (nSPS) is 10.8. The number of thiophene rings is 1. The van der Waals surface area contributed by atoms with Gasteiger partial charge in [-0.05, 0) is 48.0 Å². The van der Waals surface area contributed by atoms with Crippen LogP contribution >= 0.6 is 34.5 Å². The van der Waals surface area contributed by atoms with E-state index < -0.39 is 17.9 Å². The number of fused-ring (bicyclic) bond motifs is 1. The van der Waals surface area contributed by atoms with E-state index in [2.05, 4.69) is 15.8 Å². The lowest BCUT2D eigenvalue weighted by atomic mass is 10.1. The predicted octanol–water partition coefficient (Wildman–Crippen LogP) is 5.05. The Kier molecular flexibility index (Phi) is 6.73. The molecule has 12 heteroatoms. The largest absolute Gasteiger partial charge is 0.463 e.